The molecule has 0 atom stereocenters. The summed E-state index contributed by atoms with van der Waals surface area (Å²) in [6, 6.07) is 7.22. The number of aromatic nitrogens is 2. The van der Waals surface area contributed by atoms with Gasteiger partial charge in [0.2, 0.25) is 0 Å². The van der Waals surface area contributed by atoms with Gasteiger partial charge in [0.1, 0.15) is 11.8 Å². The number of nitrogens with one attached hydrogen (secondary N) is 3. The molecule has 2 aromatic rings. The highest BCUT2D eigenvalue weighted by Gasteiger charge is 2.07. The van der Waals surface area contributed by atoms with E-state index in [1.54, 1.807) is 12.4 Å². The molecular weight excluding hydrogens is 242 g/mol. The van der Waals surface area contributed by atoms with Crippen molar-refractivity contribution in [2.24, 2.45) is 0 Å². The first-order valence-corrected chi connectivity index (χ1v) is 5.80. The molecule has 1 amide bonds. The van der Waals surface area contributed by atoms with Gasteiger partial charge in [-0.05, 0) is 18.2 Å². The lowest BCUT2D eigenvalue weighted by molar-refractivity contribution is 0.0951. The van der Waals surface area contributed by atoms with Crippen molar-refractivity contribution in [1.82, 2.24) is 15.3 Å². The van der Waals surface area contributed by atoms with E-state index in [0.29, 0.717) is 24.3 Å². The van der Waals surface area contributed by atoms with Crippen LogP contribution in [0.3, 0.4) is 0 Å². The molecule has 0 saturated carbocycles. The number of hydrogen-bond acceptors (Lipinski definition) is 4. The second-order valence-electron chi connectivity index (χ2n) is 3.84. The van der Waals surface area contributed by atoms with Crippen LogP contribution >= 0.6 is 0 Å². The number of rotatable bonds is 5. The molecule has 3 N–H and O–H groups in total. The zero-order chi connectivity index (χ0) is 13.5. The van der Waals surface area contributed by atoms with Crippen molar-refractivity contribution in [1.29, 1.82) is 5.26 Å². The maximum Gasteiger partial charge on any atom is 0.267 e. The maximum absolute atomic E-state index is 11.7. The molecule has 0 aliphatic rings. The Morgan fingerprint density at radius 1 is 1.47 bits per heavy atom. The minimum Gasteiger partial charge on any atom is -0.382 e. The first-order chi connectivity index (χ1) is 9.29. The van der Waals surface area contributed by atoms with Crippen molar-refractivity contribution in [3.05, 3.63) is 48.0 Å². The van der Waals surface area contributed by atoms with E-state index in [1.165, 1.54) is 12.3 Å². The van der Waals surface area contributed by atoms with Crippen LogP contribution in [-0.4, -0.2) is 29.0 Å². The smallest absolute Gasteiger partial charge is 0.267 e. The average molecular weight is 255 g/mol. The molecule has 0 radical (unpaired) electrons. The van der Waals surface area contributed by atoms with E-state index in [4.69, 9.17) is 5.26 Å². The van der Waals surface area contributed by atoms with Crippen LogP contribution < -0.4 is 10.6 Å². The van der Waals surface area contributed by atoms with Gasteiger partial charge in [-0.15, -0.1) is 0 Å². The molecule has 6 nitrogen and oxygen atoms in total. The summed E-state index contributed by atoms with van der Waals surface area (Å²) in [6.07, 6.45) is 4.92. The molecule has 96 valence electrons. The number of hydrogen-bond donors (Lipinski definition) is 3. The standard InChI is InChI=1S/C13H13N5O/c14-7-10-6-12(18-8-10)13(19)17-5-4-16-11-2-1-3-15-9-11/h1-3,6,8-9,16,18H,4-5H2,(H,17,19). The number of nitrogens with zero attached hydrogens (tertiary/aromatic N) is 2. The van der Waals surface area contributed by atoms with Crippen LogP contribution in [0, 0.1) is 11.3 Å². The highest BCUT2D eigenvalue weighted by atomic mass is 16.1. The zero-order valence-electron chi connectivity index (χ0n) is 10.2. The number of amides is 1. The molecule has 6 heteroatoms. The molecule has 0 saturated heterocycles. The number of aromatic amines is 1. The van der Waals surface area contributed by atoms with Gasteiger partial charge in [-0.3, -0.25) is 9.78 Å². The molecule has 2 heterocycles. The summed E-state index contributed by atoms with van der Waals surface area (Å²) in [5.41, 5.74) is 1.74. The van der Waals surface area contributed by atoms with E-state index < -0.39 is 0 Å². The van der Waals surface area contributed by atoms with Crippen LogP contribution in [0.5, 0.6) is 0 Å². The Morgan fingerprint density at radius 2 is 2.37 bits per heavy atom. The molecule has 0 unspecified atom stereocenters. The molecule has 0 spiro atoms. The summed E-state index contributed by atoms with van der Waals surface area (Å²) in [4.78, 5) is 18.4. The van der Waals surface area contributed by atoms with Crippen molar-refractivity contribution in [2.45, 2.75) is 0 Å². The van der Waals surface area contributed by atoms with Gasteiger partial charge in [0, 0.05) is 31.7 Å². The van der Waals surface area contributed by atoms with Crippen LogP contribution in [0.15, 0.2) is 36.8 Å². The lowest BCUT2D eigenvalue weighted by Crippen LogP contribution is -2.28. The van der Waals surface area contributed by atoms with Gasteiger partial charge >= 0.3 is 0 Å². The van der Waals surface area contributed by atoms with E-state index >= 15 is 0 Å². The Bertz CT molecular complexity index is 585. The van der Waals surface area contributed by atoms with Crippen molar-refractivity contribution < 1.29 is 4.79 Å². The van der Waals surface area contributed by atoms with E-state index in [9.17, 15) is 4.79 Å². The van der Waals surface area contributed by atoms with Crippen LogP contribution in [0.2, 0.25) is 0 Å². The molecule has 0 aromatic carbocycles. The fourth-order valence-corrected chi connectivity index (χ4v) is 1.54. The lowest BCUT2D eigenvalue weighted by Gasteiger charge is -2.06. The first kappa shape index (κ1) is 12.6. The lowest BCUT2D eigenvalue weighted by atomic mass is 10.3. The van der Waals surface area contributed by atoms with Gasteiger partial charge in [0.15, 0.2) is 0 Å². The van der Waals surface area contributed by atoms with Crippen LogP contribution in [-0.2, 0) is 0 Å². The summed E-state index contributed by atoms with van der Waals surface area (Å²) in [5.74, 6) is -0.227. The van der Waals surface area contributed by atoms with E-state index in [2.05, 4.69) is 20.6 Å². The number of carbonyl (C=O) groups excluding carboxylic acids is 1. The van der Waals surface area contributed by atoms with Gasteiger partial charge in [-0.25, -0.2) is 0 Å². The third-order valence-electron chi connectivity index (χ3n) is 2.46. The summed E-state index contributed by atoms with van der Waals surface area (Å²) in [6.45, 7) is 1.08. The Morgan fingerprint density at radius 3 is 3.05 bits per heavy atom. The fraction of sp³-hybridized carbons (Fsp3) is 0.154. The molecule has 0 aliphatic heterocycles. The van der Waals surface area contributed by atoms with Crippen molar-refractivity contribution in [2.75, 3.05) is 18.4 Å². The van der Waals surface area contributed by atoms with Gasteiger partial charge in [0.25, 0.3) is 5.91 Å². The first-order valence-electron chi connectivity index (χ1n) is 5.80. The fourth-order valence-electron chi connectivity index (χ4n) is 1.54. The minimum absolute atomic E-state index is 0.227. The number of carbonyl (C=O) groups is 1. The maximum atomic E-state index is 11.7. The molecule has 0 bridgehead atoms. The molecule has 19 heavy (non-hydrogen) atoms. The molecule has 0 aliphatic carbocycles. The number of anilines is 1. The van der Waals surface area contributed by atoms with Crippen molar-refractivity contribution in [3.8, 4) is 6.07 Å². The summed E-state index contributed by atoms with van der Waals surface area (Å²) in [7, 11) is 0. The van der Waals surface area contributed by atoms with E-state index in [-0.39, 0.29) is 5.91 Å². The molecule has 2 aromatic heterocycles. The second-order valence-corrected chi connectivity index (χ2v) is 3.84. The second kappa shape index (κ2) is 6.21. The summed E-state index contributed by atoms with van der Waals surface area (Å²) < 4.78 is 0. The number of nitriles is 1. The Kier molecular flexibility index (Phi) is 4.13. The largest absolute Gasteiger partial charge is 0.382 e. The van der Waals surface area contributed by atoms with E-state index in [1.807, 2.05) is 18.2 Å². The SMILES string of the molecule is N#Cc1c[nH]c(C(=O)NCCNc2cccnc2)c1. The van der Waals surface area contributed by atoms with Crippen LogP contribution in [0.1, 0.15) is 16.1 Å². The van der Waals surface area contributed by atoms with Crippen molar-refractivity contribution >= 4 is 11.6 Å². The van der Waals surface area contributed by atoms with E-state index in [0.717, 1.165) is 5.69 Å². The summed E-state index contributed by atoms with van der Waals surface area (Å²) in [5, 5.41) is 14.5. The van der Waals surface area contributed by atoms with Gasteiger partial charge in [-0.2, -0.15) is 5.26 Å². The van der Waals surface area contributed by atoms with Gasteiger partial charge < -0.3 is 15.6 Å². The van der Waals surface area contributed by atoms with Crippen molar-refractivity contribution in [3.63, 3.8) is 0 Å². The van der Waals surface area contributed by atoms with Crippen LogP contribution in [0.25, 0.3) is 0 Å². The molecule has 0 fully saturated rings. The quantitative estimate of drug-likeness (QED) is 0.698. The Labute approximate surface area is 110 Å². The monoisotopic (exact) mass is 255 g/mol. The minimum atomic E-state index is -0.227. The predicted octanol–water partition coefficient (Wildman–Crippen LogP) is 1.12. The Hall–Kier alpha value is -2.81. The topological polar surface area (TPSA) is 93.6 Å². The van der Waals surface area contributed by atoms with Gasteiger partial charge in [0.05, 0.1) is 11.3 Å². The third kappa shape index (κ3) is 3.57. The van der Waals surface area contributed by atoms with Crippen LogP contribution in [0.4, 0.5) is 5.69 Å². The number of pyridine rings is 1. The zero-order valence-corrected chi connectivity index (χ0v) is 10.2. The highest BCUT2D eigenvalue weighted by Crippen LogP contribution is 2.02. The summed E-state index contributed by atoms with van der Waals surface area (Å²) >= 11 is 0. The highest BCUT2D eigenvalue weighted by molar-refractivity contribution is 5.92. The predicted molar refractivity (Wildman–Crippen MR) is 70.6 cm³/mol. The van der Waals surface area contributed by atoms with Gasteiger partial charge in [-0.1, -0.05) is 0 Å². The molecule has 2 rings (SSSR count). The third-order valence-corrected chi connectivity index (χ3v) is 2.46. The Balaban J connectivity index is 1.74. The number of H-pyrrole nitrogens is 1. The average Bonchev–Trinajstić information content (AvgIpc) is 2.93. The molecular formula is C13H13N5O. The normalized spacial score (nSPS) is 9.63.